The van der Waals surface area contributed by atoms with Crippen LogP contribution in [-0.2, 0) is 11.0 Å². The molecule has 1 N–H and O–H groups in total. The standard InChI is InChI=1S/C16H13F3N4OS/c1-9-3-5-12-14(21-9)23(15(22-12)16(17,18)19)10-4-6-11(20-2)13(7-10)25-8-24/h3-8,20H,1-2H3. The lowest BCUT2D eigenvalue weighted by Gasteiger charge is -2.14. The molecule has 3 rings (SSSR count). The Morgan fingerprint density at radius 3 is 2.60 bits per heavy atom. The van der Waals surface area contributed by atoms with Gasteiger partial charge in [0.15, 0.2) is 11.3 Å². The minimum absolute atomic E-state index is 0.117. The maximum atomic E-state index is 13.5. The van der Waals surface area contributed by atoms with Crippen molar-refractivity contribution in [1.29, 1.82) is 0 Å². The highest BCUT2D eigenvalue weighted by Gasteiger charge is 2.38. The first-order valence-corrected chi connectivity index (χ1v) is 8.09. The molecular weight excluding hydrogens is 353 g/mol. The van der Waals surface area contributed by atoms with Crippen molar-refractivity contribution in [2.24, 2.45) is 0 Å². The molecule has 0 atom stereocenters. The van der Waals surface area contributed by atoms with Crippen molar-refractivity contribution in [2.75, 3.05) is 12.4 Å². The number of nitrogens with zero attached hydrogens (tertiary/aromatic N) is 3. The van der Waals surface area contributed by atoms with Crippen molar-refractivity contribution in [3.05, 3.63) is 41.9 Å². The monoisotopic (exact) mass is 366 g/mol. The van der Waals surface area contributed by atoms with E-state index in [-0.39, 0.29) is 16.9 Å². The zero-order valence-corrected chi connectivity index (χ0v) is 14.1. The van der Waals surface area contributed by atoms with Gasteiger partial charge in [-0.05, 0) is 37.3 Å². The van der Waals surface area contributed by atoms with Crippen molar-refractivity contribution >= 4 is 34.2 Å². The number of halogens is 3. The largest absolute Gasteiger partial charge is 0.450 e. The van der Waals surface area contributed by atoms with Gasteiger partial charge in [-0.3, -0.25) is 9.36 Å². The predicted molar refractivity (Wildman–Crippen MR) is 90.8 cm³/mol. The van der Waals surface area contributed by atoms with Crippen LogP contribution in [0.1, 0.15) is 11.5 Å². The van der Waals surface area contributed by atoms with Crippen LogP contribution >= 0.6 is 11.8 Å². The Kier molecular flexibility index (Phi) is 4.42. The van der Waals surface area contributed by atoms with Crippen LogP contribution in [0.25, 0.3) is 16.9 Å². The number of benzene rings is 1. The second-order valence-electron chi connectivity index (χ2n) is 5.21. The van der Waals surface area contributed by atoms with Crippen molar-refractivity contribution < 1.29 is 18.0 Å². The molecule has 0 unspecified atom stereocenters. The van der Waals surface area contributed by atoms with E-state index in [4.69, 9.17) is 0 Å². The minimum atomic E-state index is -4.64. The Labute approximate surface area is 145 Å². The lowest BCUT2D eigenvalue weighted by atomic mass is 10.2. The third-order valence-electron chi connectivity index (χ3n) is 3.57. The Morgan fingerprint density at radius 2 is 1.96 bits per heavy atom. The fourth-order valence-electron chi connectivity index (χ4n) is 2.49. The molecule has 0 fully saturated rings. The van der Waals surface area contributed by atoms with Crippen molar-refractivity contribution in [2.45, 2.75) is 18.0 Å². The highest BCUT2D eigenvalue weighted by molar-refractivity contribution is 8.12. The molecule has 0 aliphatic heterocycles. The van der Waals surface area contributed by atoms with Gasteiger partial charge in [0, 0.05) is 23.3 Å². The lowest BCUT2D eigenvalue weighted by molar-refractivity contribution is -0.145. The Morgan fingerprint density at radius 1 is 1.20 bits per heavy atom. The Bertz CT molecular complexity index is 952. The van der Waals surface area contributed by atoms with Crippen LogP contribution in [0.5, 0.6) is 0 Å². The number of aromatic nitrogens is 3. The molecule has 0 amide bonds. The molecule has 0 aliphatic carbocycles. The van der Waals surface area contributed by atoms with Gasteiger partial charge in [-0.1, -0.05) is 11.8 Å². The van der Waals surface area contributed by atoms with E-state index in [1.807, 2.05) is 0 Å². The molecular formula is C16H13F3N4OS. The zero-order valence-electron chi connectivity index (χ0n) is 13.3. The molecule has 1 aromatic carbocycles. The van der Waals surface area contributed by atoms with E-state index in [9.17, 15) is 18.0 Å². The third kappa shape index (κ3) is 3.19. The quantitative estimate of drug-likeness (QED) is 0.557. The number of carbonyl (C=O) groups excluding carboxylic acids is 1. The number of anilines is 1. The summed E-state index contributed by atoms with van der Waals surface area (Å²) < 4.78 is 41.4. The molecule has 3 aromatic rings. The summed E-state index contributed by atoms with van der Waals surface area (Å²) in [5.41, 5.74) is 2.35. The molecule has 130 valence electrons. The van der Waals surface area contributed by atoms with E-state index in [0.717, 1.165) is 16.3 Å². The maximum absolute atomic E-state index is 13.5. The molecule has 9 heteroatoms. The normalized spacial score (nSPS) is 11.7. The van der Waals surface area contributed by atoms with Gasteiger partial charge in [0.1, 0.15) is 5.52 Å². The number of rotatable bonds is 4. The van der Waals surface area contributed by atoms with Crippen LogP contribution < -0.4 is 5.32 Å². The highest BCUT2D eigenvalue weighted by atomic mass is 32.2. The number of thioether (sulfide) groups is 1. The molecule has 0 saturated heterocycles. The highest BCUT2D eigenvalue weighted by Crippen LogP contribution is 2.35. The predicted octanol–water partition coefficient (Wildman–Crippen LogP) is 4.07. The summed E-state index contributed by atoms with van der Waals surface area (Å²) >= 11 is 0.881. The van der Waals surface area contributed by atoms with E-state index in [0.29, 0.717) is 21.9 Å². The maximum Gasteiger partial charge on any atom is 0.450 e. The smallest absolute Gasteiger partial charge is 0.387 e. The Balaban J connectivity index is 2.32. The van der Waals surface area contributed by atoms with Gasteiger partial charge in [-0.25, -0.2) is 9.97 Å². The van der Waals surface area contributed by atoms with Crippen molar-refractivity contribution in [3.8, 4) is 5.69 Å². The summed E-state index contributed by atoms with van der Waals surface area (Å²) in [5.74, 6) is -1.06. The van der Waals surface area contributed by atoms with Crippen LogP contribution in [-0.4, -0.2) is 27.2 Å². The van der Waals surface area contributed by atoms with Crippen LogP contribution in [0.3, 0.4) is 0 Å². The first kappa shape index (κ1) is 17.3. The summed E-state index contributed by atoms with van der Waals surface area (Å²) in [5, 5.41) is 2.90. The van der Waals surface area contributed by atoms with Gasteiger partial charge in [-0.2, -0.15) is 13.2 Å². The summed E-state index contributed by atoms with van der Waals surface area (Å²) in [6.07, 6.45) is -4.64. The fraction of sp³-hybridized carbons (Fsp3) is 0.188. The van der Waals surface area contributed by atoms with Gasteiger partial charge in [0.25, 0.3) is 0 Å². The number of carbonyl (C=O) groups is 1. The molecule has 0 bridgehead atoms. The number of aryl methyl sites for hydroxylation is 1. The van der Waals surface area contributed by atoms with Gasteiger partial charge < -0.3 is 5.32 Å². The zero-order chi connectivity index (χ0) is 18.2. The number of hydrogen-bond donors (Lipinski definition) is 1. The SMILES string of the molecule is CNc1ccc(-n2c(C(F)(F)F)nc3ccc(C)nc32)cc1SC=O. The van der Waals surface area contributed by atoms with E-state index in [2.05, 4.69) is 15.3 Å². The molecule has 2 aromatic heterocycles. The summed E-state index contributed by atoms with van der Waals surface area (Å²) in [4.78, 5) is 19.3. The molecule has 0 spiro atoms. The molecule has 5 nitrogen and oxygen atoms in total. The molecule has 0 aliphatic rings. The third-order valence-corrected chi connectivity index (χ3v) is 4.25. The van der Waals surface area contributed by atoms with Gasteiger partial charge >= 0.3 is 6.18 Å². The number of hydrogen-bond acceptors (Lipinski definition) is 5. The molecule has 0 saturated carbocycles. The molecule has 25 heavy (non-hydrogen) atoms. The second kappa shape index (κ2) is 6.40. The summed E-state index contributed by atoms with van der Waals surface area (Å²) in [6.45, 7) is 1.70. The van der Waals surface area contributed by atoms with E-state index < -0.39 is 12.0 Å². The average Bonchev–Trinajstić information content (AvgIpc) is 2.94. The molecule has 0 radical (unpaired) electrons. The second-order valence-corrected chi connectivity index (χ2v) is 6.08. The topological polar surface area (TPSA) is 59.8 Å². The van der Waals surface area contributed by atoms with Gasteiger partial charge in [0.05, 0.1) is 5.69 Å². The van der Waals surface area contributed by atoms with E-state index in [1.165, 1.54) is 18.2 Å². The lowest BCUT2D eigenvalue weighted by Crippen LogP contribution is -2.14. The van der Waals surface area contributed by atoms with Gasteiger partial charge in [0.2, 0.25) is 5.82 Å². The van der Waals surface area contributed by atoms with Crippen LogP contribution in [0.15, 0.2) is 35.2 Å². The first-order chi connectivity index (χ1) is 11.8. The van der Waals surface area contributed by atoms with E-state index >= 15 is 0 Å². The van der Waals surface area contributed by atoms with Crippen LogP contribution in [0.4, 0.5) is 18.9 Å². The minimum Gasteiger partial charge on any atom is -0.387 e. The number of pyridine rings is 1. The van der Waals surface area contributed by atoms with Crippen LogP contribution in [0.2, 0.25) is 0 Å². The summed E-state index contributed by atoms with van der Waals surface area (Å²) in [7, 11) is 1.67. The fourth-order valence-corrected chi connectivity index (χ4v) is 3.08. The number of imidazole rings is 1. The number of alkyl halides is 3. The first-order valence-electron chi connectivity index (χ1n) is 7.21. The average molecular weight is 366 g/mol. The molecule has 2 heterocycles. The van der Waals surface area contributed by atoms with Gasteiger partial charge in [-0.15, -0.1) is 0 Å². The Hall–Kier alpha value is -2.55. The van der Waals surface area contributed by atoms with Crippen molar-refractivity contribution in [3.63, 3.8) is 0 Å². The van der Waals surface area contributed by atoms with Crippen molar-refractivity contribution in [1.82, 2.24) is 14.5 Å². The number of fused-ring (bicyclic) bond motifs is 1. The van der Waals surface area contributed by atoms with Crippen LogP contribution in [0, 0.1) is 6.92 Å². The summed E-state index contributed by atoms with van der Waals surface area (Å²) in [6, 6.07) is 7.76. The van der Waals surface area contributed by atoms with E-state index in [1.54, 1.807) is 26.1 Å². The number of nitrogens with one attached hydrogen (secondary N) is 1.